The van der Waals surface area contributed by atoms with Crippen molar-refractivity contribution >= 4 is 5.91 Å². The third-order valence-electron chi connectivity index (χ3n) is 2.92. The maximum atomic E-state index is 11.9. The quantitative estimate of drug-likeness (QED) is 0.492. The Labute approximate surface area is 113 Å². The number of hydrogen-bond acceptors (Lipinski definition) is 5. The summed E-state index contributed by atoms with van der Waals surface area (Å²) in [5, 5.41) is 1.06. The molecule has 2 N–H and O–H groups in total. The van der Waals surface area contributed by atoms with Gasteiger partial charge in [0.05, 0.1) is 27.2 Å². The molecule has 0 fully saturated rings. The minimum Gasteiger partial charge on any atom is -0.496 e. The van der Waals surface area contributed by atoms with Crippen LogP contribution in [0.4, 0.5) is 0 Å². The SMILES string of the molecule is COc1cc(OC)c(C(C)C(=O)N(C)N)cc1OC. The molecule has 19 heavy (non-hydrogen) atoms. The van der Waals surface area contributed by atoms with Crippen LogP contribution in [0.2, 0.25) is 0 Å². The van der Waals surface area contributed by atoms with Gasteiger partial charge in [0.2, 0.25) is 5.91 Å². The van der Waals surface area contributed by atoms with Crippen LogP contribution in [0, 0.1) is 0 Å². The number of benzene rings is 1. The van der Waals surface area contributed by atoms with E-state index in [9.17, 15) is 4.79 Å². The van der Waals surface area contributed by atoms with Gasteiger partial charge in [-0.15, -0.1) is 0 Å². The standard InChI is InChI=1S/C13H20N2O4/c1-8(13(16)15(2)14)9-6-11(18-4)12(19-5)7-10(9)17-3/h6-8H,14H2,1-5H3. The Kier molecular flexibility index (Phi) is 5.00. The van der Waals surface area contributed by atoms with Gasteiger partial charge >= 0.3 is 0 Å². The van der Waals surface area contributed by atoms with E-state index in [1.165, 1.54) is 21.3 Å². The van der Waals surface area contributed by atoms with Gasteiger partial charge in [0.25, 0.3) is 0 Å². The normalized spacial score (nSPS) is 11.7. The first-order valence-corrected chi connectivity index (χ1v) is 5.78. The van der Waals surface area contributed by atoms with Gasteiger partial charge in [-0.25, -0.2) is 5.84 Å². The highest BCUT2D eigenvalue weighted by Crippen LogP contribution is 2.38. The van der Waals surface area contributed by atoms with Crippen LogP contribution in [0.25, 0.3) is 0 Å². The largest absolute Gasteiger partial charge is 0.496 e. The van der Waals surface area contributed by atoms with E-state index >= 15 is 0 Å². The molecule has 1 aromatic rings. The molecule has 0 aliphatic carbocycles. The average molecular weight is 268 g/mol. The fourth-order valence-electron chi connectivity index (χ4n) is 1.83. The number of ether oxygens (including phenoxy) is 3. The van der Waals surface area contributed by atoms with E-state index < -0.39 is 5.92 Å². The minimum absolute atomic E-state index is 0.217. The number of hydrogen-bond donors (Lipinski definition) is 1. The van der Waals surface area contributed by atoms with E-state index in [1.54, 1.807) is 26.2 Å². The molecule has 0 bridgehead atoms. The summed E-state index contributed by atoms with van der Waals surface area (Å²) in [6.07, 6.45) is 0. The van der Waals surface area contributed by atoms with Crippen molar-refractivity contribution in [1.82, 2.24) is 5.01 Å². The maximum Gasteiger partial charge on any atom is 0.243 e. The van der Waals surface area contributed by atoms with E-state index in [0.29, 0.717) is 22.8 Å². The fourth-order valence-corrected chi connectivity index (χ4v) is 1.83. The van der Waals surface area contributed by atoms with Gasteiger partial charge in [0.1, 0.15) is 5.75 Å². The van der Waals surface area contributed by atoms with Gasteiger partial charge in [-0.3, -0.25) is 9.80 Å². The van der Waals surface area contributed by atoms with Crippen LogP contribution in [0.5, 0.6) is 17.2 Å². The van der Waals surface area contributed by atoms with E-state index in [0.717, 1.165) is 5.01 Å². The van der Waals surface area contributed by atoms with Crippen molar-refractivity contribution in [3.8, 4) is 17.2 Å². The van der Waals surface area contributed by atoms with E-state index in [2.05, 4.69) is 0 Å². The number of carbonyl (C=O) groups excluding carboxylic acids is 1. The molecule has 1 aromatic carbocycles. The maximum absolute atomic E-state index is 11.9. The molecule has 0 heterocycles. The molecule has 0 aliphatic heterocycles. The number of amides is 1. The lowest BCUT2D eigenvalue weighted by Gasteiger charge is -2.20. The number of carbonyl (C=O) groups is 1. The van der Waals surface area contributed by atoms with Crippen LogP contribution in [0.3, 0.4) is 0 Å². The lowest BCUT2D eigenvalue weighted by atomic mass is 9.98. The summed E-state index contributed by atoms with van der Waals surface area (Å²) in [4.78, 5) is 11.9. The van der Waals surface area contributed by atoms with Crippen molar-refractivity contribution in [2.45, 2.75) is 12.8 Å². The van der Waals surface area contributed by atoms with Gasteiger partial charge in [-0.05, 0) is 13.0 Å². The molecule has 106 valence electrons. The Hall–Kier alpha value is -1.95. The number of rotatable bonds is 5. The Morgan fingerprint density at radius 1 is 1.11 bits per heavy atom. The summed E-state index contributed by atoms with van der Waals surface area (Å²) >= 11 is 0. The summed E-state index contributed by atoms with van der Waals surface area (Å²) in [5.41, 5.74) is 0.697. The monoisotopic (exact) mass is 268 g/mol. The smallest absolute Gasteiger partial charge is 0.243 e. The Morgan fingerprint density at radius 3 is 2.00 bits per heavy atom. The summed E-state index contributed by atoms with van der Waals surface area (Å²) in [5.74, 6) is 6.46. The van der Waals surface area contributed by atoms with Gasteiger partial charge in [0, 0.05) is 18.7 Å². The van der Waals surface area contributed by atoms with Gasteiger partial charge < -0.3 is 14.2 Å². The zero-order valence-corrected chi connectivity index (χ0v) is 11.9. The van der Waals surface area contributed by atoms with Crippen molar-refractivity contribution in [2.75, 3.05) is 28.4 Å². The molecule has 0 spiro atoms. The van der Waals surface area contributed by atoms with Gasteiger partial charge in [-0.2, -0.15) is 0 Å². The van der Waals surface area contributed by atoms with Crippen LogP contribution in [0.1, 0.15) is 18.4 Å². The van der Waals surface area contributed by atoms with E-state index in [1.807, 2.05) is 0 Å². The van der Waals surface area contributed by atoms with E-state index in [-0.39, 0.29) is 5.91 Å². The van der Waals surface area contributed by atoms with Crippen molar-refractivity contribution in [3.63, 3.8) is 0 Å². The average Bonchev–Trinajstić information content (AvgIpc) is 2.43. The first-order chi connectivity index (χ1) is 8.96. The summed E-state index contributed by atoms with van der Waals surface area (Å²) in [6.45, 7) is 1.76. The van der Waals surface area contributed by atoms with Crippen LogP contribution >= 0.6 is 0 Å². The second-order valence-electron chi connectivity index (χ2n) is 4.12. The van der Waals surface area contributed by atoms with Crippen LogP contribution < -0.4 is 20.1 Å². The molecule has 1 rings (SSSR count). The van der Waals surface area contributed by atoms with Crippen LogP contribution in [-0.2, 0) is 4.79 Å². The second kappa shape index (κ2) is 6.29. The fraction of sp³-hybridized carbons (Fsp3) is 0.462. The number of methoxy groups -OCH3 is 3. The Balaban J connectivity index is 3.29. The molecule has 1 atom stereocenters. The number of likely N-dealkylation sites (N-methyl/N-ethyl adjacent to an activating group) is 1. The summed E-state index contributed by atoms with van der Waals surface area (Å²) < 4.78 is 15.7. The second-order valence-corrected chi connectivity index (χ2v) is 4.12. The highest BCUT2D eigenvalue weighted by atomic mass is 16.5. The lowest BCUT2D eigenvalue weighted by molar-refractivity contribution is -0.131. The highest BCUT2D eigenvalue weighted by molar-refractivity contribution is 5.83. The van der Waals surface area contributed by atoms with Crippen molar-refractivity contribution in [2.24, 2.45) is 5.84 Å². The molecule has 1 amide bonds. The first-order valence-electron chi connectivity index (χ1n) is 5.78. The minimum atomic E-state index is -0.440. The molecule has 6 nitrogen and oxygen atoms in total. The predicted octanol–water partition coefficient (Wildman–Crippen LogP) is 1.15. The topological polar surface area (TPSA) is 74.0 Å². The Bertz CT molecular complexity index is 460. The van der Waals surface area contributed by atoms with Crippen LogP contribution in [0.15, 0.2) is 12.1 Å². The summed E-state index contributed by atoms with van der Waals surface area (Å²) in [6, 6.07) is 3.41. The molecule has 0 aliphatic rings. The van der Waals surface area contributed by atoms with Gasteiger partial charge in [0.15, 0.2) is 11.5 Å². The Morgan fingerprint density at radius 2 is 1.58 bits per heavy atom. The van der Waals surface area contributed by atoms with Crippen molar-refractivity contribution in [1.29, 1.82) is 0 Å². The third kappa shape index (κ3) is 3.08. The lowest BCUT2D eigenvalue weighted by Crippen LogP contribution is -2.36. The molecule has 0 aromatic heterocycles. The van der Waals surface area contributed by atoms with Gasteiger partial charge in [-0.1, -0.05) is 0 Å². The molecular weight excluding hydrogens is 248 g/mol. The van der Waals surface area contributed by atoms with Crippen LogP contribution in [-0.4, -0.2) is 39.3 Å². The number of hydrazine groups is 1. The zero-order valence-electron chi connectivity index (χ0n) is 11.9. The predicted molar refractivity (Wildman–Crippen MR) is 71.5 cm³/mol. The molecule has 6 heteroatoms. The molecule has 0 saturated carbocycles. The number of nitrogens with two attached hydrogens (primary N) is 1. The highest BCUT2D eigenvalue weighted by Gasteiger charge is 2.23. The van der Waals surface area contributed by atoms with Crippen molar-refractivity contribution in [3.05, 3.63) is 17.7 Å². The zero-order chi connectivity index (χ0) is 14.6. The first kappa shape index (κ1) is 15.1. The van der Waals surface area contributed by atoms with Crippen molar-refractivity contribution < 1.29 is 19.0 Å². The summed E-state index contributed by atoms with van der Waals surface area (Å²) in [7, 11) is 6.12. The molecule has 0 radical (unpaired) electrons. The molecule has 0 saturated heterocycles. The molecular formula is C13H20N2O4. The molecule has 1 unspecified atom stereocenters. The third-order valence-corrected chi connectivity index (χ3v) is 2.92. The number of nitrogens with zero attached hydrogens (tertiary/aromatic N) is 1. The van der Waals surface area contributed by atoms with E-state index in [4.69, 9.17) is 20.1 Å².